The van der Waals surface area contributed by atoms with E-state index in [4.69, 9.17) is 11.3 Å². The van der Waals surface area contributed by atoms with Crippen LogP contribution >= 0.6 is 15.9 Å². The molecule has 120 valence electrons. The number of aromatic nitrogens is 3. The molecule has 0 saturated carbocycles. The number of nitrogens with zero attached hydrogens (tertiary/aromatic N) is 4. The SMILES string of the molecule is [C-]#[N+]c1cn2c(NCc3c(F)ccc4c3CCO4)ncc(Br)c2n1. The van der Waals surface area contributed by atoms with E-state index in [1.54, 1.807) is 22.9 Å². The van der Waals surface area contributed by atoms with Gasteiger partial charge in [-0.1, -0.05) is 11.6 Å². The molecule has 1 aliphatic heterocycles. The quantitative estimate of drug-likeness (QED) is 0.695. The number of hydrogen-bond acceptors (Lipinski definition) is 4. The fraction of sp³-hybridized carbons (Fsp3) is 0.188. The third kappa shape index (κ3) is 2.37. The first-order valence-electron chi connectivity index (χ1n) is 7.25. The Balaban J connectivity index is 1.69. The predicted octanol–water partition coefficient (Wildman–Crippen LogP) is 3.73. The van der Waals surface area contributed by atoms with Crippen LogP contribution in [0.2, 0.25) is 0 Å². The Kier molecular flexibility index (Phi) is 3.58. The first kappa shape index (κ1) is 14.9. The van der Waals surface area contributed by atoms with Crippen molar-refractivity contribution in [1.29, 1.82) is 0 Å². The molecule has 0 amide bonds. The fourth-order valence-corrected chi connectivity index (χ4v) is 3.18. The zero-order valence-electron chi connectivity index (χ0n) is 12.4. The lowest BCUT2D eigenvalue weighted by atomic mass is 10.0. The summed E-state index contributed by atoms with van der Waals surface area (Å²) < 4.78 is 22.0. The number of anilines is 1. The van der Waals surface area contributed by atoms with Gasteiger partial charge in [0.15, 0.2) is 0 Å². The monoisotopic (exact) mass is 387 g/mol. The van der Waals surface area contributed by atoms with Crippen molar-refractivity contribution in [3.05, 3.63) is 57.4 Å². The maximum absolute atomic E-state index is 14.2. The predicted molar refractivity (Wildman–Crippen MR) is 89.9 cm³/mol. The van der Waals surface area contributed by atoms with Gasteiger partial charge in [0.2, 0.25) is 11.6 Å². The lowest BCUT2D eigenvalue weighted by molar-refractivity contribution is 0.356. The van der Waals surface area contributed by atoms with E-state index in [1.165, 1.54) is 6.07 Å². The van der Waals surface area contributed by atoms with E-state index in [9.17, 15) is 4.39 Å². The molecule has 0 aliphatic carbocycles. The van der Waals surface area contributed by atoms with Gasteiger partial charge < -0.3 is 14.9 Å². The average Bonchev–Trinajstić information content (AvgIpc) is 3.22. The maximum Gasteiger partial charge on any atom is 0.288 e. The molecule has 0 saturated heterocycles. The van der Waals surface area contributed by atoms with Gasteiger partial charge in [-0.2, -0.15) is 0 Å². The van der Waals surface area contributed by atoms with Gasteiger partial charge in [0.1, 0.15) is 16.0 Å². The Morgan fingerprint density at radius 1 is 1.46 bits per heavy atom. The molecule has 0 radical (unpaired) electrons. The van der Waals surface area contributed by atoms with E-state index in [1.807, 2.05) is 0 Å². The molecule has 1 aromatic carbocycles. The van der Waals surface area contributed by atoms with Crippen LogP contribution in [0, 0.1) is 12.4 Å². The van der Waals surface area contributed by atoms with Crippen LogP contribution in [0.15, 0.2) is 29.0 Å². The van der Waals surface area contributed by atoms with Crippen molar-refractivity contribution in [2.75, 3.05) is 11.9 Å². The van der Waals surface area contributed by atoms with Gasteiger partial charge in [-0.3, -0.25) is 4.40 Å². The Labute approximate surface area is 145 Å². The molecular weight excluding hydrogens is 377 g/mol. The lowest BCUT2D eigenvalue weighted by Crippen LogP contribution is -2.09. The van der Waals surface area contributed by atoms with Gasteiger partial charge in [-0.15, -0.1) is 0 Å². The molecule has 8 heteroatoms. The molecule has 3 heterocycles. The molecule has 0 fully saturated rings. The Bertz CT molecular complexity index is 994. The number of ether oxygens (including phenoxy) is 1. The van der Waals surface area contributed by atoms with Gasteiger partial charge >= 0.3 is 0 Å². The van der Waals surface area contributed by atoms with Crippen LogP contribution in [0.1, 0.15) is 11.1 Å². The third-order valence-electron chi connectivity index (χ3n) is 3.91. The summed E-state index contributed by atoms with van der Waals surface area (Å²) in [6, 6.07) is 3.08. The third-order valence-corrected chi connectivity index (χ3v) is 4.47. The van der Waals surface area contributed by atoms with Crippen molar-refractivity contribution in [3.63, 3.8) is 0 Å². The van der Waals surface area contributed by atoms with Gasteiger partial charge in [-0.05, 0) is 28.1 Å². The van der Waals surface area contributed by atoms with Crippen molar-refractivity contribution in [2.24, 2.45) is 0 Å². The highest BCUT2D eigenvalue weighted by Crippen LogP contribution is 2.31. The molecule has 1 N–H and O–H groups in total. The summed E-state index contributed by atoms with van der Waals surface area (Å²) in [7, 11) is 0. The molecular formula is C16H11BrFN5O. The summed E-state index contributed by atoms with van der Waals surface area (Å²) in [5, 5.41) is 3.13. The standard InChI is InChI=1S/C16H11BrFN5O/c1-19-14-8-23-15(22-14)11(17)7-21-16(23)20-6-10-9-4-5-24-13(9)3-2-12(10)18/h2-3,7-8H,4-6H2,(H,20,21). The van der Waals surface area contributed by atoms with Crippen LogP contribution in [0.3, 0.4) is 0 Å². The van der Waals surface area contributed by atoms with E-state index in [0.29, 0.717) is 34.7 Å². The van der Waals surface area contributed by atoms with Gasteiger partial charge in [0, 0.05) is 30.3 Å². The van der Waals surface area contributed by atoms with Crippen LogP contribution in [0.4, 0.5) is 16.2 Å². The minimum Gasteiger partial charge on any atom is -0.493 e. The van der Waals surface area contributed by atoms with Crippen molar-refractivity contribution < 1.29 is 9.13 Å². The molecule has 0 atom stereocenters. The van der Waals surface area contributed by atoms with Crippen LogP contribution < -0.4 is 10.1 Å². The summed E-state index contributed by atoms with van der Waals surface area (Å²) in [6.07, 6.45) is 3.89. The van der Waals surface area contributed by atoms with E-state index in [0.717, 1.165) is 11.3 Å². The molecule has 4 rings (SSSR count). The minimum absolute atomic E-state index is 0.270. The summed E-state index contributed by atoms with van der Waals surface area (Å²) in [5.41, 5.74) is 2.05. The molecule has 6 nitrogen and oxygen atoms in total. The van der Waals surface area contributed by atoms with Crippen LogP contribution in [0.5, 0.6) is 5.75 Å². The van der Waals surface area contributed by atoms with Crippen LogP contribution in [-0.4, -0.2) is 21.0 Å². The Hall–Kier alpha value is -2.66. The molecule has 24 heavy (non-hydrogen) atoms. The number of fused-ring (bicyclic) bond motifs is 2. The highest BCUT2D eigenvalue weighted by molar-refractivity contribution is 9.10. The van der Waals surface area contributed by atoms with Crippen LogP contribution in [-0.2, 0) is 13.0 Å². The first-order valence-corrected chi connectivity index (χ1v) is 8.04. The zero-order chi connectivity index (χ0) is 16.7. The molecule has 0 bridgehead atoms. The van der Waals surface area contributed by atoms with Crippen molar-refractivity contribution >= 4 is 33.3 Å². The number of nitrogens with one attached hydrogen (secondary N) is 1. The normalized spacial score (nSPS) is 12.7. The highest BCUT2D eigenvalue weighted by atomic mass is 79.9. The zero-order valence-corrected chi connectivity index (χ0v) is 14.0. The second kappa shape index (κ2) is 5.76. The fourth-order valence-electron chi connectivity index (χ4n) is 2.79. The first-order chi connectivity index (χ1) is 11.7. The van der Waals surface area contributed by atoms with E-state index in [-0.39, 0.29) is 18.2 Å². The summed E-state index contributed by atoms with van der Waals surface area (Å²) in [4.78, 5) is 11.8. The maximum atomic E-state index is 14.2. The number of hydrogen-bond donors (Lipinski definition) is 1. The summed E-state index contributed by atoms with van der Waals surface area (Å²) >= 11 is 3.37. The number of rotatable bonds is 3. The topological polar surface area (TPSA) is 55.8 Å². The molecule has 1 aliphatic rings. The average molecular weight is 388 g/mol. The lowest BCUT2D eigenvalue weighted by Gasteiger charge is -2.11. The number of halogens is 2. The highest BCUT2D eigenvalue weighted by Gasteiger charge is 2.20. The van der Waals surface area contributed by atoms with Crippen molar-refractivity contribution in [3.8, 4) is 5.75 Å². The second-order valence-electron chi connectivity index (χ2n) is 5.29. The largest absolute Gasteiger partial charge is 0.493 e. The van der Waals surface area contributed by atoms with Crippen molar-refractivity contribution in [2.45, 2.75) is 13.0 Å². The van der Waals surface area contributed by atoms with Crippen LogP contribution in [0.25, 0.3) is 10.5 Å². The Morgan fingerprint density at radius 3 is 3.17 bits per heavy atom. The summed E-state index contributed by atoms with van der Waals surface area (Å²) in [6.45, 7) is 7.94. The summed E-state index contributed by atoms with van der Waals surface area (Å²) in [5.74, 6) is 1.23. The minimum atomic E-state index is -0.271. The van der Waals surface area contributed by atoms with Gasteiger partial charge in [-0.25, -0.2) is 9.37 Å². The van der Waals surface area contributed by atoms with E-state index >= 15 is 0 Å². The Morgan fingerprint density at radius 2 is 2.33 bits per heavy atom. The van der Waals surface area contributed by atoms with Gasteiger partial charge in [0.05, 0.1) is 12.8 Å². The van der Waals surface area contributed by atoms with Gasteiger partial charge in [0.25, 0.3) is 5.82 Å². The second-order valence-corrected chi connectivity index (χ2v) is 6.14. The molecule has 0 unspecified atom stereocenters. The number of imidazole rings is 1. The smallest absolute Gasteiger partial charge is 0.288 e. The number of benzene rings is 1. The molecule has 3 aromatic rings. The molecule has 0 spiro atoms. The van der Waals surface area contributed by atoms with E-state index < -0.39 is 0 Å². The molecule has 2 aromatic heterocycles. The van der Waals surface area contributed by atoms with E-state index in [2.05, 4.69) is 36.1 Å². The van der Waals surface area contributed by atoms with Crippen molar-refractivity contribution in [1.82, 2.24) is 14.4 Å².